The molecule has 63 heavy (non-hydrogen) atoms. The Labute approximate surface area is 362 Å². The van der Waals surface area contributed by atoms with Crippen molar-refractivity contribution in [2.24, 2.45) is 7.05 Å². The number of hydrogen-bond donors (Lipinski definition) is 1. The van der Waals surface area contributed by atoms with Crippen LogP contribution in [0.1, 0.15) is 86.0 Å². The van der Waals surface area contributed by atoms with Crippen LogP contribution in [0, 0.1) is 11.6 Å². The van der Waals surface area contributed by atoms with Gasteiger partial charge in [0, 0.05) is 49.1 Å². The van der Waals surface area contributed by atoms with Crippen LogP contribution in [0.25, 0.3) is 44.4 Å². The first kappa shape index (κ1) is 39.3. The Balaban J connectivity index is 1.04. The molecule has 15 nitrogen and oxygen atoms in total. The largest absolute Gasteiger partial charge is 0.438 e. The maximum Gasteiger partial charge on any atom is 0.438 e. The predicted octanol–water partition coefficient (Wildman–Crippen LogP) is 7.37. The number of imidazole rings is 1. The van der Waals surface area contributed by atoms with Gasteiger partial charge < -0.3 is 14.2 Å². The maximum atomic E-state index is 16.1. The molecule has 3 aliphatic rings. The topological polar surface area (TPSA) is 156 Å². The monoisotopic (exact) mass is 874 g/mol. The highest BCUT2D eigenvalue weighted by molar-refractivity contribution is 6.31. The summed E-state index contributed by atoms with van der Waals surface area (Å²) in [7, 11) is 1.71. The summed E-state index contributed by atoms with van der Waals surface area (Å²) in [4.78, 5) is 46.7. The van der Waals surface area contributed by atoms with Crippen LogP contribution in [0.3, 0.4) is 0 Å². The van der Waals surface area contributed by atoms with Gasteiger partial charge in [0.1, 0.15) is 28.4 Å². The fraction of sp³-hybridized carbons (Fsp3) is 0.333. The quantitative estimate of drug-likeness (QED) is 0.174. The fourth-order valence-corrected chi connectivity index (χ4v) is 10.1. The average Bonchev–Trinajstić information content (AvgIpc) is 3.72. The molecule has 5 aromatic heterocycles. The van der Waals surface area contributed by atoms with Crippen LogP contribution in [0.2, 0.25) is 5.02 Å². The van der Waals surface area contributed by atoms with Gasteiger partial charge in [0.2, 0.25) is 0 Å². The number of hydrogen-bond acceptors (Lipinski definition) is 8. The van der Waals surface area contributed by atoms with Crippen molar-refractivity contribution in [1.82, 2.24) is 48.3 Å². The number of aromatic amines is 1. The van der Waals surface area contributed by atoms with Crippen LogP contribution < -0.4 is 11.4 Å². The Morgan fingerprint density at radius 3 is 2.52 bits per heavy atom. The van der Waals surface area contributed by atoms with Gasteiger partial charge in [-0.3, -0.25) is 32.8 Å². The second kappa shape index (κ2) is 14.0. The van der Waals surface area contributed by atoms with Gasteiger partial charge in [-0.1, -0.05) is 22.8 Å². The van der Waals surface area contributed by atoms with Crippen LogP contribution in [0.15, 0.2) is 87.3 Å². The average molecular weight is 875 g/mol. The highest BCUT2D eigenvalue weighted by Crippen LogP contribution is 2.51. The number of rotatable bonds is 7. The van der Waals surface area contributed by atoms with E-state index < -0.39 is 34.7 Å². The van der Waals surface area contributed by atoms with Crippen molar-refractivity contribution in [2.45, 2.75) is 76.1 Å². The van der Waals surface area contributed by atoms with E-state index in [1.807, 2.05) is 23.6 Å². The van der Waals surface area contributed by atoms with Crippen molar-refractivity contribution in [1.29, 1.82) is 0 Å². The van der Waals surface area contributed by atoms with Gasteiger partial charge >= 0.3 is 11.4 Å². The standard InChI is InChI=1S/C45H41ClF2N10O5/c1-24-38-39(56-15-14-55(43(56)61)34-10-9-33-29(36(34)48)23-49-53(33)4)37(26-5-7-31(47)30(46)20-26)51-57(38)17-16-54(24)40(59)35-21-28-19-25(27-11-18-62-44(2,3)22-27)6-8-32(28)58(35)45(12-13-45)41-50-42(60)63-52-41/h5-10,14-15,19-21,23-24,27H,11-13,16-18,22H2,1-4H3,(H,50,52,60)/t24-,27-/m1/s1. The highest BCUT2D eigenvalue weighted by atomic mass is 35.5. The molecule has 1 amide bonds. The van der Waals surface area contributed by atoms with Crippen LogP contribution >= 0.6 is 11.6 Å². The lowest BCUT2D eigenvalue weighted by molar-refractivity contribution is -0.0592. The van der Waals surface area contributed by atoms with Gasteiger partial charge in [-0.15, -0.1) is 0 Å². The van der Waals surface area contributed by atoms with Gasteiger partial charge in [0.15, 0.2) is 11.6 Å². The van der Waals surface area contributed by atoms with E-state index in [1.54, 1.807) is 27.4 Å². The van der Waals surface area contributed by atoms with Gasteiger partial charge in [0.25, 0.3) is 5.91 Å². The van der Waals surface area contributed by atoms with Gasteiger partial charge in [-0.25, -0.2) is 18.4 Å². The van der Waals surface area contributed by atoms with Crippen LogP contribution in [0.4, 0.5) is 8.78 Å². The summed E-state index contributed by atoms with van der Waals surface area (Å²) >= 11 is 6.31. The number of benzene rings is 3. The number of fused-ring (bicyclic) bond motifs is 3. The molecule has 2 aliphatic heterocycles. The first-order chi connectivity index (χ1) is 30.2. The smallest absolute Gasteiger partial charge is 0.376 e. The van der Waals surface area contributed by atoms with Crippen LogP contribution in [-0.2, 0) is 23.9 Å². The summed E-state index contributed by atoms with van der Waals surface area (Å²) in [6.07, 6.45) is 7.36. The molecule has 0 bridgehead atoms. The van der Waals surface area contributed by atoms with E-state index >= 15 is 9.18 Å². The zero-order valence-electron chi connectivity index (χ0n) is 34.7. The molecule has 1 saturated carbocycles. The Morgan fingerprint density at radius 1 is 0.984 bits per heavy atom. The molecule has 2 atom stereocenters. The number of ether oxygens (including phenoxy) is 1. The molecule has 1 N–H and O–H groups in total. The SMILES string of the molecule is C[C@@H]1c2c(-n3ccn(-c4ccc5c(cnn5C)c4F)c3=O)c(-c3ccc(F)c(Cl)c3)nn2CCN1C(=O)c1cc2cc([C@@H]3CCOC(C)(C)C3)ccc2n1C1(c2noc(=O)[nH]2)CC1. The number of H-pyrrole nitrogens is 1. The highest BCUT2D eigenvalue weighted by Gasteiger charge is 2.52. The summed E-state index contributed by atoms with van der Waals surface area (Å²) in [6.45, 7) is 7.23. The second-order valence-corrected chi connectivity index (χ2v) is 17.9. The lowest BCUT2D eigenvalue weighted by Crippen LogP contribution is -2.43. The number of amides is 1. The van der Waals surface area contributed by atoms with E-state index in [2.05, 4.69) is 41.2 Å². The minimum Gasteiger partial charge on any atom is -0.376 e. The molecule has 322 valence electrons. The Hall–Kier alpha value is -6.59. The molecule has 3 aromatic carbocycles. The minimum absolute atomic E-state index is 0.0236. The Kier molecular flexibility index (Phi) is 8.70. The number of aryl methyl sites for hydroxylation is 1. The maximum absolute atomic E-state index is 16.1. The zero-order valence-corrected chi connectivity index (χ0v) is 35.5. The fourth-order valence-electron chi connectivity index (χ4n) is 9.93. The molecule has 7 heterocycles. The third-order valence-corrected chi connectivity index (χ3v) is 13.5. The Bertz CT molecular complexity index is 3310. The molecule has 0 spiro atoms. The molecule has 0 unspecified atom stereocenters. The first-order valence-electron chi connectivity index (χ1n) is 20.9. The molecule has 8 aromatic rings. The van der Waals surface area contributed by atoms with E-state index in [0.717, 1.165) is 29.3 Å². The van der Waals surface area contributed by atoms with Crippen LogP contribution in [-0.4, -0.2) is 73.0 Å². The van der Waals surface area contributed by atoms with Crippen molar-refractivity contribution >= 4 is 39.3 Å². The van der Waals surface area contributed by atoms with Crippen molar-refractivity contribution in [2.75, 3.05) is 13.2 Å². The van der Waals surface area contributed by atoms with E-state index in [-0.39, 0.29) is 46.6 Å². The number of carbonyl (C=O) groups is 1. The van der Waals surface area contributed by atoms with E-state index in [4.69, 9.17) is 26.0 Å². The summed E-state index contributed by atoms with van der Waals surface area (Å²) in [5, 5.41) is 14.2. The lowest BCUT2D eigenvalue weighted by Gasteiger charge is -2.35. The number of nitrogens with one attached hydrogen (secondary N) is 1. The minimum atomic E-state index is -0.827. The molecule has 1 saturated heterocycles. The van der Waals surface area contributed by atoms with Crippen molar-refractivity contribution in [3.8, 4) is 22.6 Å². The van der Waals surface area contributed by atoms with Crippen molar-refractivity contribution in [3.63, 3.8) is 0 Å². The summed E-state index contributed by atoms with van der Waals surface area (Å²) in [6, 6.07) is 15.0. The van der Waals surface area contributed by atoms with E-state index in [9.17, 15) is 14.0 Å². The van der Waals surface area contributed by atoms with Crippen molar-refractivity contribution in [3.05, 3.63) is 134 Å². The molecular weight excluding hydrogens is 834 g/mol. The van der Waals surface area contributed by atoms with Crippen molar-refractivity contribution < 1.29 is 22.8 Å². The lowest BCUT2D eigenvalue weighted by atomic mass is 9.83. The van der Waals surface area contributed by atoms with Crippen LogP contribution in [0.5, 0.6) is 0 Å². The normalized spacial score (nSPS) is 19.3. The van der Waals surface area contributed by atoms with Gasteiger partial charge in [-0.2, -0.15) is 10.2 Å². The molecule has 11 rings (SSSR count). The molecular formula is C45H41ClF2N10O5. The molecule has 1 aliphatic carbocycles. The number of carbonyl (C=O) groups excluding carboxylic acids is 1. The van der Waals surface area contributed by atoms with Gasteiger partial charge in [-0.05, 0) is 106 Å². The second-order valence-electron chi connectivity index (χ2n) is 17.5. The molecule has 18 heteroatoms. The third-order valence-electron chi connectivity index (χ3n) is 13.2. The van der Waals surface area contributed by atoms with E-state index in [1.165, 1.54) is 52.0 Å². The number of nitrogens with zero attached hydrogens (tertiary/aromatic N) is 9. The summed E-state index contributed by atoms with van der Waals surface area (Å²) < 4.78 is 49.5. The summed E-state index contributed by atoms with van der Waals surface area (Å²) in [5.41, 5.74) is 2.87. The van der Waals surface area contributed by atoms with E-state index in [0.29, 0.717) is 59.1 Å². The predicted molar refractivity (Wildman–Crippen MR) is 229 cm³/mol. The molecule has 0 radical (unpaired) electrons. The van der Waals surface area contributed by atoms with Gasteiger partial charge in [0.05, 0.1) is 51.7 Å². The molecule has 2 fully saturated rings. The number of aromatic nitrogens is 9. The zero-order chi connectivity index (χ0) is 43.7. The third kappa shape index (κ3) is 6.07. The number of halogens is 3. The Morgan fingerprint density at radius 2 is 1.78 bits per heavy atom. The summed E-state index contributed by atoms with van der Waals surface area (Å²) in [5.74, 6) is -1.60. The first-order valence-corrected chi connectivity index (χ1v) is 21.3.